The molecule has 0 unspecified atom stereocenters. The van der Waals surface area contributed by atoms with Crippen molar-refractivity contribution in [3.05, 3.63) is 95.7 Å². The van der Waals surface area contributed by atoms with Crippen molar-refractivity contribution in [2.75, 3.05) is 6.79 Å². The molecule has 4 aromatic rings. The van der Waals surface area contributed by atoms with Crippen LogP contribution in [0.4, 0.5) is 0 Å². The number of hydrogen-bond donors (Lipinski definition) is 1. The van der Waals surface area contributed by atoms with Crippen molar-refractivity contribution in [1.29, 1.82) is 0 Å². The Labute approximate surface area is 175 Å². The molecule has 2 heterocycles. The minimum atomic E-state index is 0.307. The summed E-state index contributed by atoms with van der Waals surface area (Å²) in [6.07, 6.45) is 2.14. The highest BCUT2D eigenvalue weighted by Gasteiger charge is 2.16. The maximum absolute atomic E-state index is 5.49. The van der Waals surface area contributed by atoms with Crippen LogP contribution in [0.3, 0.4) is 0 Å². The first kappa shape index (κ1) is 18.5. The predicted molar refractivity (Wildman–Crippen MR) is 116 cm³/mol. The van der Waals surface area contributed by atoms with Gasteiger partial charge in [0.15, 0.2) is 11.5 Å². The van der Waals surface area contributed by atoms with Crippen LogP contribution in [0.2, 0.25) is 0 Å². The van der Waals surface area contributed by atoms with Gasteiger partial charge in [-0.1, -0.05) is 42.0 Å². The fraction of sp³-hybridized carbons (Fsp3) is 0.160. The van der Waals surface area contributed by atoms with Crippen molar-refractivity contribution in [2.45, 2.75) is 20.0 Å². The van der Waals surface area contributed by atoms with Crippen molar-refractivity contribution in [1.82, 2.24) is 9.78 Å². The van der Waals surface area contributed by atoms with E-state index < -0.39 is 0 Å². The molecule has 0 atom stereocenters. The van der Waals surface area contributed by atoms with Gasteiger partial charge in [0.25, 0.3) is 0 Å². The summed E-state index contributed by atoms with van der Waals surface area (Å²) in [4.78, 5) is 0. The average molecular weight is 398 g/mol. The molecule has 5 rings (SSSR count). The van der Waals surface area contributed by atoms with Crippen molar-refractivity contribution in [3.8, 4) is 28.4 Å². The van der Waals surface area contributed by atoms with Crippen LogP contribution in [0, 0.1) is 6.92 Å². The molecule has 0 saturated carbocycles. The normalized spacial score (nSPS) is 12.3. The number of rotatable bonds is 6. The lowest BCUT2D eigenvalue weighted by molar-refractivity contribution is -0.686. The summed E-state index contributed by atoms with van der Waals surface area (Å²) in [5.74, 6) is 1.66. The molecule has 0 fully saturated rings. The van der Waals surface area contributed by atoms with Gasteiger partial charge in [-0.15, -0.1) is 0 Å². The van der Waals surface area contributed by atoms with Crippen LogP contribution >= 0.6 is 0 Å². The molecule has 5 heteroatoms. The molecule has 0 amide bonds. The quantitative estimate of drug-likeness (QED) is 0.537. The van der Waals surface area contributed by atoms with Gasteiger partial charge < -0.3 is 14.8 Å². The van der Waals surface area contributed by atoms with E-state index in [1.54, 1.807) is 0 Å². The zero-order chi connectivity index (χ0) is 20.3. The topological polar surface area (TPSA) is 52.9 Å². The van der Waals surface area contributed by atoms with E-state index in [-0.39, 0.29) is 0 Å². The first-order chi connectivity index (χ1) is 14.8. The summed E-state index contributed by atoms with van der Waals surface area (Å²) in [5, 5.41) is 7.22. The highest BCUT2D eigenvalue weighted by Crippen LogP contribution is 2.32. The van der Waals surface area contributed by atoms with Crippen molar-refractivity contribution >= 4 is 0 Å². The first-order valence-corrected chi connectivity index (χ1v) is 10.2. The molecule has 0 aliphatic carbocycles. The molecule has 5 nitrogen and oxygen atoms in total. The smallest absolute Gasteiger partial charge is 0.231 e. The maximum atomic E-state index is 5.49. The fourth-order valence-electron chi connectivity index (χ4n) is 3.77. The van der Waals surface area contributed by atoms with Gasteiger partial charge >= 0.3 is 0 Å². The Hall–Kier alpha value is -3.57. The molecule has 0 saturated heterocycles. The molecular weight excluding hydrogens is 374 g/mol. The molecule has 1 aliphatic heterocycles. The molecule has 1 aliphatic rings. The highest BCUT2D eigenvalue weighted by atomic mass is 16.7. The Kier molecular flexibility index (Phi) is 4.95. The molecule has 1 aromatic heterocycles. The number of aryl methyl sites for hydroxylation is 1. The Bertz CT molecular complexity index is 1170. The van der Waals surface area contributed by atoms with Crippen molar-refractivity contribution in [2.24, 2.45) is 0 Å². The lowest BCUT2D eigenvalue weighted by Crippen LogP contribution is -2.80. The third-order valence-corrected chi connectivity index (χ3v) is 5.28. The number of ether oxygens (including phenoxy) is 2. The molecule has 30 heavy (non-hydrogen) atoms. The Balaban J connectivity index is 1.39. The fourth-order valence-corrected chi connectivity index (χ4v) is 3.77. The van der Waals surface area contributed by atoms with E-state index in [0.717, 1.165) is 41.5 Å². The first-order valence-electron chi connectivity index (χ1n) is 10.2. The molecule has 2 N–H and O–H groups in total. The summed E-state index contributed by atoms with van der Waals surface area (Å²) in [6.45, 7) is 4.12. The SMILES string of the molecule is Cc1cccc(-c2nn(-c3ccccc3)cc2C[NH2+]Cc2ccc3c(c2)OCO3)c1. The van der Waals surface area contributed by atoms with Gasteiger partial charge in [-0.05, 0) is 43.3 Å². The summed E-state index contributed by atoms with van der Waals surface area (Å²) >= 11 is 0. The number of nitrogens with zero attached hydrogens (tertiary/aromatic N) is 2. The molecule has 150 valence electrons. The van der Waals surface area contributed by atoms with Gasteiger partial charge in [0.1, 0.15) is 18.8 Å². The second-order valence-electron chi connectivity index (χ2n) is 7.54. The minimum absolute atomic E-state index is 0.307. The van der Waals surface area contributed by atoms with E-state index in [9.17, 15) is 0 Å². The van der Waals surface area contributed by atoms with Crippen molar-refractivity contribution < 1.29 is 14.8 Å². The average Bonchev–Trinajstić information content (AvgIpc) is 3.41. The van der Waals surface area contributed by atoms with Gasteiger partial charge in [0.05, 0.1) is 11.3 Å². The van der Waals surface area contributed by atoms with Crippen LogP contribution in [0.1, 0.15) is 16.7 Å². The van der Waals surface area contributed by atoms with Gasteiger partial charge in [-0.25, -0.2) is 4.68 Å². The third kappa shape index (κ3) is 3.80. The van der Waals surface area contributed by atoms with E-state index in [2.05, 4.69) is 67.0 Å². The summed E-state index contributed by atoms with van der Waals surface area (Å²) in [7, 11) is 0. The molecule has 3 aromatic carbocycles. The third-order valence-electron chi connectivity index (χ3n) is 5.28. The second kappa shape index (κ2) is 8.05. The van der Waals surface area contributed by atoms with E-state index in [1.807, 2.05) is 28.9 Å². The minimum Gasteiger partial charge on any atom is -0.454 e. The molecule has 0 radical (unpaired) electrons. The highest BCUT2D eigenvalue weighted by molar-refractivity contribution is 5.64. The van der Waals surface area contributed by atoms with Crippen LogP contribution in [0.5, 0.6) is 11.5 Å². The zero-order valence-electron chi connectivity index (χ0n) is 16.9. The number of nitrogens with two attached hydrogens (primary N) is 1. The van der Waals surface area contributed by atoms with Crippen LogP contribution < -0.4 is 14.8 Å². The largest absolute Gasteiger partial charge is 0.454 e. The maximum Gasteiger partial charge on any atom is 0.231 e. The Morgan fingerprint density at radius 2 is 1.77 bits per heavy atom. The summed E-state index contributed by atoms with van der Waals surface area (Å²) in [6, 6.07) is 24.9. The van der Waals surface area contributed by atoms with E-state index in [0.29, 0.717) is 6.79 Å². The van der Waals surface area contributed by atoms with Gasteiger partial charge in [0, 0.05) is 17.3 Å². The van der Waals surface area contributed by atoms with E-state index >= 15 is 0 Å². The van der Waals surface area contributed by atoms with Gasteiger partial charge in [0.2, 0.25) is 6.79 Å². The van der Waals surface area contributed by atoms with Crippen molar-refractivity contribution in [3.63, 3.8) is 0 Å². The lowest BCUT2D eigenvalue weighted by Gasteiger charge is -2.05. The molecule has 0 bridgehead atoms. The standard InChI is InChI=1S/C25H23N3O2/c1-18-6-5-7-20(12-18)25-21(16-28(27-25)22-8-3-2-4-9-22)15-26-14-19-10-11-23-24(13-19)30-17-29-23/h2-13,16,26H,14-15,17H2,1H3/p+1. The van der Waals surface area contributed by atoms with Crippen LogP contribution in [-0.4, -0.2) is 16.6 Å². The molecular formula is C25H24N3O2+. The van der Waals surface area contributed by atoms with Crippen LogP contribution in [0.25, 0.3) is 16.9 Å². The summed E-state index contributed by atoms with van der Waals surface area (Å²) < 4.78 is 12.9. The lowest BCUT2D eigenvalue weighted by atomic mass is 10.1. The van der Waals surface area contributed by atoms with Crippen LogP contribution in [-0.2, 0) is 13.1 Å². The second-order valence-corrected chi connectivity index (χ2v) is 7.54. The zero-order valence-corrected chi connectivity index (χ0v) is 16.9. The van der Waals surface area contributed by atoms with Gasteiger partial charge in [-0.3, -0.25) is 0 Å². The van der Waals surface area contributed by atoms with E-state index in [4.69, 9.17) is 14.6 Å². The number of aromatic nitrogens is 2. The Morgan fingerprint density at radius 1 is 0.900 bits per heavy atom. The van der Waals surface area contributed by atoms with Crippen LogP contribution in [0.15, 0.2) is 79.0 Å². The number of quaternary nitrogens is 1. The number of para-hydroxylation sites is 1. The predicted octanol–water partition coefficient (Wildman–Crippen LogP) is 3.84. The number of hydrogen-bond acceptors (Lipinski definition) is 3. The molecule has 0 spiro atoms. The van der Waals surface area contributed by atoms with E-state index in [1.165, 1.54) is 16.7 Å². The number of fused-ring (bicyclic) bond motifs is 1. The summed E-state index contributed by atoms with van der Waals surface area (Å²) in [5.41, 5.74) is 6.91. The van der Waals surface area contributed by atoms with Gasteiger partial charge in [-0.2, -0.15) is 5.10 Å². The Morgan fingerprint density at radius 3 is 2.63 bits per heavy atom. The number of benzene rings is 3. The monoisotopic (exact) mass is 398 g/mol.